The Labute approximate surface area is 282 Å². The first kappa shape index (κ1) is 31.5. The number of hydrogen-bond acceptors (Lipinski definition) is 7. The normalized spacial score (nSPS) is 18.9. The predicted molar refractivity (Wildman–Crippen MR) is 178 cm³/mol. The number of pyridine rings is 1. The van der Waals surface area contributed by atoms with Gasteiger partial charge in [-0.3, -0.25) is 14.6 Å². The van der Waals surface area contributed by atoms with Gasteiger partial charge >= 0.3 is 6.18 Å². The fourth-order valence-corrected chi connectivity index (χ4v) is 7.63. The van der Waals surface area contributed by atoms with Crippen LogP contribution in [-0.2, 0) is 26.3 Å². The molecule has 3 fully saturated rings. The summed E-state index contributed by atoms with van der Waals surface area (Å²) in [5.41, 5.74) is 2.55. The van der Waals surface area contributed by atoms with Crippen LogP contribution in [0.1, 0.15) is 78.1 Å². The van der Waals surface area contributed by atoms with Crippen molar-refractivity contribution in [1.82, 2.24) is 24.6 Å². The number of nitrogens with zero attached hydrogens (tertiary/aromatic N) is 7. The lowest BCUT2D eigenvalue weighted by Gasteiger charge is -2.21. The molecular formula is C37H37F3N8O. The van der Waals surface area contributed by atoms with E-state index in [1.165, 1.54) is 36.6 Å². The SMILES string of the molecule is C[C@H](CC1CC1)Nc1cc(-c2cc(C#N)ccc2-c2nncn2C)cc(N2Cc3c(cc(CN4CCC5(CC5)C4)cc3C(F)(F)F)C2=O)n1. The Balaban J connectivity index is 1.20. The lowest BCUT2D eigenvalue weighted by molar-refractivity contribution is -0.138. The molecule has 12 heteroatoms. The zero-order chi connectivity index (χ0) is 34.1. The molecule has 1 saturated heterocycles. The van der Waals surface area contributed by atoms with Crippen molar-refractivity contribution in [2.75, 3.05) is 23.3 Å². The molecule has 8 rings (SSSR count). The molecular weight excluding hydrogens is 629 g/mol. The van der Waals surface area contributed by atoms with Crippen molar-refractivity contribution in [3.63, 3.8) is 0 Å². The summed E-state index contributed by atoms with van der Waals surface area (Å²) >= 11 is 0. The van der Waals surface area contributed by atoms with Crippen molar-refractivity contribution in [3.05, 3.63) is 76.6 Å². The molecule has 49 heavy (non-hydrogen) atoms. The molecule has 4 heterocycles. The molecule has 4 aromatic rings. The van der Waals surface area contributed by atoms with Crippen LogP contribution in [0.3, 0.4) is 0 Å². The van der Waals surface area contributed by atoms with Gasteiger partial charge < -0.3 is 9.88 Å². The highest BCUT2D eigenvalue weighted by Gasteiger charge is 2.48. The summed E-state index contributed by atoms with van der Waals surface area (Å²) in [5.74, 6) is 1.45. The third-order valence-corrected chi connectivity index (χ3v) is 10.6. The molecule has 1 amide bonds. The molecule has 2 aliphatic carbocycles. The quantitative estimate of drug-likeness (QED) is 0.202. The second kappa shape index (κ2) is 11.7. The second-order valence-corrected chi connectivity index (χ2v) is 14.5. The first-order valence-electron chi connectivity index (χ1n) is 16.9. The maximum absolute atomic E-state index is 14.6. The van der Waals surface area contributed by atoms with Gasteiger partial charge in [-0.25, -0.2) is 4.98 Å². The van der Waals surface area contributed by atoms with Crippen molar-refractivity contribution >= 4 is 17.5 Å². The molecule has 0 bridgehead atoms. The molecule has 2 saturated carbocycles. The van der Waals surface area contributed by atoms with E-state index in [2.05, 4.69) is 33.4 Å². The van der Waals surface area contributed by atoms with E-state index in [0.717, 1.165) is 25.9 Å². The number of halogens is 3. The Morgan fingerprint density at radius 1 is 1.08 bits per heavy atom. The first-order valence-corrected chi connectivity index (χ1v) is 16.9. The van der Waals surface area contributed by atoms with Gasteiger partial charge in [0.05, 0.1) is 23.7 Å². The maximum atomic E-state index is 14.6. The third-order valence-electron chi connectivity index (χ3n) is 10.6. The lowest BCUT2D eigenvalue weighted by Crippen LogP contribution is -2.25. The third kappa shape index (κ3) is 6.16. The minimum atomic E-state index is -4.62. The number of likely N-dealkylation sites (tertiary alicyclic amines) is 1. The van der Waals surface area contributed by atoms with Crippen molar-refractivity contribution in [2.45, 2.75) is 70.8 Å². The summed E-state index contributed by atoms with van der Waals surface area (Å²) in [7, 11) is 1.82. The number of rotatable bonds is 9. The summed E-state index contributed by atoms with van der Waals surface area (Å²) in [5, 5.41) is 21.6. The van der Waals surface area contributed by atoms with Crippen LogP contribution in [-0.4, -0.2) is 49.7 Å². The Bertz CT molecular complexity index is 2010. The van der Waals surface area contributed by atoms with Crippen molar-refractivity contribution in [1.29, 1.82) is 5.26 Å². The van der Waals surface area contributed by atoms with Gasteiger partial charge in [0.15, 0.2) is 5.82 Å². The summed E-state index contributed by atoms with van der Waals surface area (Å²) in [6.45, 7) is 3.95. The molecule has 9 nitrogen and oxygen atoms in total. The number of aryl methyl sites for hydroxylation is 1. The fourth-order valence-electron chi connectivity index (χ4n) is 7.63. The van der Waals surface area contributed by atoms with Crippen molar-refractivity contribution in [2.24, 2.45) is 18.4 Å². The van der Waals surface area contributed by atoms with E-state index in [9.17, 15) is 23.2 Å². The molecule has 2 aromatic carbocycles. The number of alkyl halides is 3. The van der Waals surface area contributed by atoms with Crippen molar-refractivity contribution < 1.29 is 18.0 Å². The van der Waals surface area contributed by atoms with E-state index >= 15 is 0 Å². The van der Waals surface area contributed by atoms with Gasteiger partial charge in [-0.05, 0) is 115 Å². The number of amides is 1. The Morgan fingerprint density at radius 2 is 1.90 bits per heavy atom. The number of carbonyl (C=O) groups excluding carboxylic acids is 1. The average Bonchev–Trinajstić information content (AvgIpc) is 3.91. The summed E-state index contributed by atoms with van der Waals surface area (Å²) in [4.78, 5) is 22.5. The smallest absolute Gasteiger partial charge is 0.368 e. The van der Waals surface area contributed by atoms with E-state index in [-0.39, 0.29) is 29.5 Å². The van der Waals surface area contributed by atoms with Crippen molar-refractivity contribution in [3.8, 4) is 28.6 Å². The first-order chi connectivity index (χ1) is 23.5. The number of carbonyl (C=O) groups is 1. The summed E-state index contributed by atoms with van der Waals surface area (Å²) < 4.78 is 45.6. The highest BCUT2D eigenvalue weighted by atomic mass is 19.4. The van der Waals surface area contributed by atoms with E-state index in [1.807, 2.05) is 13.1 Å². The van der Waals surface area contributed by atoms with Crippen LogP contribution in [0.4, 0.5) is 24.8 Å². The largest absolute Gasteiger partial charge is 0.416 e. The molecule has 1 N–H and O–H groups in total. The lowest BCUT2D eigenvalue weighted by atomic mass is 9.97. The summed E-state index contributed by atoms with van der Waals surface area (Å²) in [6, 6.07) is 14.0. The number of anilines is 2. The Morgan fingerprint density at radius 3 is 2.57 bits per heavy atom. The van der Waals surface area contributed by atoms with Gasteiger partial charge in [0.2, 0.25) is 0 Å². The van der Waals surface area contributed by atoms with Crippen LogP contribution >= 0.6 is 0 Å². The van der Waals surface area contributed by atoms with Crippen LogP contribution < -0.4 is 10.2 Å². The van der Waals surface area contributed by atoms with Crippen LogP contribution in [0.15, 0.2) is 48.8 Å². The minimum Gasteiger partial charge on any atom is -0.368 e. The van der Waals surface area contributed by atoms with Gasteiger partial charge in [-0.1, -0.05) is 12.8 Å². The second-order valence-electron chi connectivity index (χ2n) is 14.5. The Hall–Kier alpha value is -4.76. The summed E-state index contributed by atoms with van der Waals surface area (Å²) in [6.07, 6.45) is 3.73. The fraction of sp³-hybridized carbons (Fsp3) is 0.432. The van der Waals surface area contributed by atoms with Crippen LogP contribution in [0.5, 0.6) is 0 Å². The molecule has 0 unspecified atom stereocenters. The average molecular weight is 667 g/mol. The Kier molecular flexibility index (Phi) is 7.52. The van der Waals surface area contributed by atoms with E-state index in [0.29, 0.717) is 57.3 Å². The van der Waals surface area contributed by atoms with Crippen LogP contribution in [0.2, 0.25) is 0 Å². The van der Waals surface area contributed by atoms with Crippen LogP contribution in [0.25, 0.3) is 22.5 Å². The standard InChI is InChI=1S/C37H37F3N8O/c1-22(11-23-3-4-23)43-32-15-26(28-12-24(17-41)5-6-27(28)34-45-42-21-46(34)2)16-33(44-32)48-19-30-29(35(48)49)13-25(14-31(30)37(38,39)40)18-47-10-9-36(20-47)7-8-36/h5-6,12-16,21-23H,3-4,7-11,18-20H2,1-2H3,(H,43,44)/t22-/m1/s1. The van der Waals surface area contributed by atoms with Crippen LogP contribution in [0, 0.1) is 22.7 Å². The molecule has 252 valence electrons. The van der Waals surface area contributed by atoms with Gasteiger partial charge in [-0.2, -0.15) is 18.4 Å². The van der Waals surface area contributed by atoms with Gasteiger partial charge in [0.25, 0.3) is 5.91 Å². The number of benzene rings is 2. The number of nitriles is 1. The number of aromatic nitrogens is 4. The van der Waals surface area contributed by atoms with Gasteiger partial charge in [0.1, 0.15) is 18.0 Å². The molecule has 4 aliphatic rings. The topological polar surface area (TPSA) is 103 Å². The predicted octanol–water partition coefficient (Wildman–Crippen LogP) is 7.18. The number of fused-ring (bicyclic) bond motifs is 1. The number of hydrogen-bond donors (Lipinski definition) is 1. The van der Waals surface area contributed by atoms with Gasteiger partial charge in [0, 0.05) is 37.3 Å². The van der Waals surface area contributed by atoms with E-state index in [4.69, 9.17) is 4.98 Å². The molecule has 0 radical (unpaired) electrons. The minimum absolute atomic E-state index is 0.0311. The highest BCUT2D eigenvalue weighted by Crippen LogP contribution is 2.53. The highest BCUT2D eigenvalue weighted by molar-refractivity contribution is 6.10. The number of nitrogens with one attached hydrogen (secondary N) is 1. The van der Waals surface area contributed by atoms with Gasteiger partial charge in [-0.15, -0.1) is 10.2 Å². The molecule has 2 aliphatic heterocycles. The zero-order valence-electron chi connectivity index (χ0n) is 27.5. The molecule has 1 atom stereocenters. The maximum Gasteiger partial charge on any atom is 0.416 e. The zero-order valence-corrected chi connectivity index (χ0v) is 27.5. The molecule has 2 aromatic heterocycles. The van der Waals surface area contributed by atoms with E-state index < -0.39 is 17.6 Å². The molecule has 1 spiro atoms. The monoisotopic (exact) mass is 666 g/mol. The van der Waals surface area contributed by atoms with E-state index in [1.54, 1.807) is 41.2 Å².